The normalized spacial score (nSPS) is 15.8. The maximum Gasteiger partial charge on any atom is 0.490 e. The van der Waals surface area contributed by atoms with Crippen LogP contribution in [0.1, 0.15) is 22.8 Å². The fraction of sp³-hybridized carbons (Fsp3) is 0.333. The summed E-state index contributed by atoms with van der Waals surface area (Å²) in [6.45, 7) is 0.128. The van der Waals surface area contributed by atoms with E-state index in [1.54, 1.807) is 0 Å². The zero-order valence-corrected chi connectivity index (χ0v) is 18.2. The summed E-state index contributed by atoms with van der Waals surface area (Å²) in [7, 11) is 1.54. The van der Waals surface area contributed by atoms with Crippen molar-refractivity contribution in [1.29, 1.82) is 0 Å². The van der Waals surface area contributed by atoms with E-state index >= 15 is 0 Å². The Morgan fingerprint density at radius 3 is 2.44 bits per heavy atom. The minimum Gasteiger partial charge on any atom is -0.506 e. The number of carbonyl (C=O) groups excluding carboxylic acids is 1. The van der Waals surface area contributed by atoms with E-state index in [2.05, 4.69) is 10.3 Å². The number of pyridine rings is 1. The van der Waals surface area contributed by atoms with Crippen LogP contribution in [0.3, 0.4) is 0 Å². The monoisotopic (exact) mass is 476 g/mol. The first-order valence-electron chi connectivity index (χ1n) is 10.6. The van der Waals surface area contributed by atoms with Gasteiger partial charge in [0.2, 0.25) is 5.56 Å². The second-order valence-corrected chi connectivity index (χ2v) is 8.39. The highest BCUT2D eigenvalue weighted by Crippen LogP contribution is 2.34. The summed E-state index contributed by atoms with van der Waals surface area (Å²) in [6, 6.07) is 13.0. The van der Waals surface area contributed by atoms with E-state index in [0.717, 1.165) is 11.1 Å². The lowest BCUT2D eigenvalue weighted by Gasteiger charge is -2.32. The van der Waals surface area contributed by atoms with Gasteiger partial charge in [0.15, 0.2) is 0 Å². The quantitative estimate of drug-likeness (QED) is 0.453. The number of hydrogen-bond donors (Lipinski definition) is 3. The average Bonchev–Trinajstić information content (AvgIpc) is 3.15. The predicted molar refractivity (Wildman–Crippen MR) is 118 cm³/mol. The Hall–Kier alpha value is -3.37. The molecule has 3 N–H and O–H groups in total. The summed E-state index contributed by atoms with van der Waals surface area (Å²) in [5.41, 5.74) is 1.34. The maximum absolute atomic E-state index is 13.1. The first-order valence-corrected chi connectivity index (χ1v) is 10.6. The number of ether oxygens (including phenoxy) is 2. The van der Waals surface area contributed by atoms with Gasteiger partial charge in [-0.25, -0.2) is 4.79 Å². The van der Waals surface area contributed by atoms with Crippen LogP contribution < -0.4 is 10.9 Å². The molecule has 0 saturated heterocycles. The molecule has 0 saturated carbocycles. The van der Waals surface area contributed by atoms with Gasteiger partial charge in [-0.15, -0.1) is 0 Å². The molecule has 0 unspecified atom stereocenters. The molecule has 1 aliphatic carbocycles. The molecule has 1 atom stereocenters. The average molecular weight is 476 g/mol. The van der Waals surface area contributed by atoms with Crippen molar-refractivity contribution in [3.63, 3.8) is 0 Å². The summed E-state index contributed by atoms with van der Waals surface area (Å²) < 4.78 is 49.5. The zero-order chi connectivity index (χ0) is 24.5. The standard InChI is InChI=1S/C24H23F3N2O5/c1-33-13-23(10-14-4-2-3-5-15(14)11-23)28-12-19(34-22(32)24(25,26)27)16-6-8-18(30)21-17(16)7-9-20(31)29-21/h2-9,19,28,30H,10-13H2,1H3,(H,29,31)/t19-/m0/s1. The lowest BCUT2D eigenvalue weighted by molar-refractivity contribution is -0.205. The van der Waals surface area contributed by atoms with Crippen LogP contribution in [-0.2, 0) is 27.1 Å². The van der Waals surface area contributed by atoms with Crippen LogP contribution >= 0.6 is 0 Å². The summed E-state index contributed by atoms with van der Waals surface area (Å²) in [5, 5.41) is 13.7. The SMILES string of the molecule is COCC1(NC[C@H](OC(=O)C(F)(F)F)c2ccc(O)c3[nH]c(=O)ccc23)Cc2ccccc2C1. The molecule has 34 heavy (non-hydrogen) atoms. The zero-order valence-electron chi connectivity index (χ0n) is 18.2. The number of aromatic nitrogens is 1. The molecule has 2 aromatic carbocycles. The van der Waals surface area contributed by atoms with Gasteiger partial charge in [0.05, 0.1) is 12.1 Å². The topological polar surface area (TPSA) is 101 Å². The van der Waals surface area contributed by atoms with Crippen molar-refractivity contribution < 1.29 is 32.5 Å². The van der Waals surface area contributed by atoms with Gasteiger partial charge < -0.3 is 24.9 Å². The Labute approximate surface area is 192 Å². The highest BCUT2D eigenvalue weighted by Gasteiger charge is 2.43. The second kappa shape index (κ2) is 9.11. The van der Waals surface area contributed by atoms with Crippen molar-refractivity contribution in [2.24, 2.45) is 0 Å². The van der Waals surface area contributed by atoms with Gasteiger partial charge in [-0.1, -0.05) is 30.3 Å². The molecule has 180 valence electrons. The molecule has 4 rings (SSSR count). The molecule has 1 aliphatic rings. The summed E-state index contributed by atoms with van der Waals surface area (Å²) in [6.07, 6.45) is -5.38. The smallest absolute Gasteiger partial charge is 0.490 e. The molecule has 1 heterocycles. The van der Waals surface area contributed by atoms with Crippen LogP contribution in [0.15, 0.2) is 53.3 Å². The number of aromatic hydroxyl groups is 1. The van der Waals surface area contributed by atoms with Gasteiger partial charge in [0, 0.05) is 36.2 Å². The number of methoxy groups -OCH3 is 1. The maximum atomic E-state index is 13.1. The summed E-state index contributed by atoms with van der Waals surface area (Å²) in [4.78, 5) is 26.0. The number of hydrogen-bond acceptors (Lipinski definition) is 6. The van der Waals surface area contributed by atoms with Crippen LogP contribution in [0.4, 0.5) is 13.2 Å². The first-order chi connectivity index (χ1) is 16.1. The summed E-state index contributed by atoms with van der Waals surface area (Å²) in [5.74, 6) is -2.59. The molecule has 0 spiro atoms. The van der Waals surface area contributed by atoms with Gasteiger partial charge in [-0.05, 0) is 36.1 Å². The van der Waals surface area contributed by atoms with E-state index in [9.17, 15) is 27.9 Å². The fourth-order valence-electron chi connectivity index (χ4n) is 4.51. The van der Waals surface area contributed by atoms with Crippen LogP contribution in [0.2, 0.25) is 0 Å². The van der Waals surface area contributed by atoms with Crippen molar-refractivity contribution in [1.82, 2.24) is 10.3 Å². The number of phenols is 1. The Morgan fingerprint density at radius 2 is 1.82 bits per heavy atom. The third-order valence-electron chi connectivity index (χ3n) is 5.99. The molecule has 0 fully saturated rings. The van der Waals surface area contributed by atoms with Crippen molar-refractivity contribution in [2.45, 2.75) is 30.7 Å². The largest absolute Gasteiger partial charge is 0.506 e. The number of aromatic amines is 1. The van der Waals surface area contributed by atoms with Gasteiger partial charge in [-0.2, -0.15) is 13.2 Å². The first kappa shape index (κ1) is 23.8. The van der Waals surface area contributed by atoms with Gasteiger partial charge in [-0.3, -0.25) is 4.79 Å². The van der Waals surface area contributed by atoms with E-state index in [1.165, 1.54) is 31.4 Å². The molecule has 3 aromatic rings. The Kier molecular flexibility index (Phi) is 6.37. The third kappa shape index (κ3) is 4.78. The lowest BCUT2D eigenvalue weighted by Crippen LogP contribution is -2.51. The van der Waals surface area contributed by atoms with Crippen LogP contribution in [0, 0.1) is 0 Å². The molecule has 1 aromatic heterocycles. The second-order valence-electron chi connectivity index (χ2n) is 8.39. The molecule has 0 amide bonds. The molecule has 0 radical (unpaired) electrons. The van der Waals surface area contributed by atoms with Crippen LogP contribution in [0.25, 0.3) is 10.9 Å². The number of halogens is 3. The number of rotatable bonds is 7. The minimum absolute atomic E-state index is 0.0398. The fourth-order valence-corrected chi connectivity index (χ4v) is 4.51. The predicted octanol–water partition coefficient (Wildman–Crippen LogP) is 3.15. The number of H-pyrrole nitrogens is 1. The van der Waals surface area contributed by atoms with Crippen LogP contribution in [-0.4, -0.2) is 48.0 Å². The van der Waals surface area contributed by atoms with Gasteiger partial charge >= 0.3 is 12.1 Å². The number of nitrogens with one attached hydrogen (secondary N) is 2. The van der Waals surface area contributed by atoms with Gasteiger partial charge in [0.25, 0.3) is 0 Å². The lowest BCUT2D eigenvalue weighted by atomic mass is 9.95. The minimum atomic E-state index is -5.19. The molecule has 0 aliphatic heterocycles. The number of carbonyl (C=O) groups is 1. The van der Waals surface area contributed by atoms with Crippen molar-refractivity contribution >= 4 is 16.9 Å². The van der Waals surface area contributed by atoms with Crippen LogP contribution in [0.5, 0.6) is 5.75 Å². The van der Waals surface area contributed by atoms with E-state index in [0.29, 0.717) is 12.8 Å². The number of alkyl halides is 3. The molecule has 7 nitrogen and oxygen atoms in total. The summed E-state index contributed by atoms with van der Waals surface area (Å²) >= 11 is 0. The third-order valence-corrected chi connectivity index (χ3v) is 5.99. The van der Waals surface area contributed by atoms with E-state index < -0.39 is 29.3 Å². The van der Waals surface area contributed by atoms with E-state index in [-0.39, 0.29) is 35.4 Å². The molecule has 0 bridgehead atoms. The highest BCUT2D eigenvalue weighted by atomic mass is 19.4. The van der Waals surface area contributed by atoms with Crippen molar-refractivity contribution in [3.05, 3.63) is 75.6 Å². The van der Waals surface area contributed by atoms with Crippen molar-refractivity contribution in [2.75, 3.05) is 20.3 Å². The number of phenolic OH excluding ortho intramolecular Hbond substituents is 1. The Morgan fingerprint density at radius 1 is 1.15 bits per heavy atom. The Bertz CT molecular complexity index is 1250. The number of fused-ring (bicyclic) bond motifs is 2. The van der Waals surface area contributed by atoms with Gasteiger partial charge in [0.1, 0.15) is 11.9 Å². The highest BCUT2D eigenvalue weighted by molar-refractivity contribution is 5.88. The molecule has 10 heteroatoms. The Balaban J connectivity index is 1.69. The number of esters is 1. The molecular weight excluding hydrogens is 453 g/mol. The van der Waals surface area contributed by atoms with E-state index in [1.807, 2.05) is 24.3 Å². The van der Waals surface area contributed by atoms with E-state index in [4.69, 9.17) is 9.47 Å². The number of benzene rings is 2. The molecular formula is C24H23F3N2O5. The van der Waals surface area contributed by atoms with Crippen molar-refractivity contribution in [3.8, 4) is 5.75 Å².